The van der Waals surface area contributed by atoms with Crippen molar-refractivity contribution in [3.05, 3.63) is 24.2 Å². The van der Waals surface area contributed by atoms with Crippen LogP contribution < -0.4 is 0 Å². The van der Waals surface area contributed by atoms with Gasteiger partial charge in [0.1, 0.15) is 0 Å². The van der Waals surface area contributed by atoms with E-state index in [0.717, 1.165) is 0 Å². The van der Waals surface area contributed by atoms with Crippen molar-refractivity contribution in [2.24, 2.45) is 0 Å². The fraction of sp³-hybridized carbons (Fsp3) is 0.667. The van der Waals surface area contributed by atoms with Gasteiger partial charge >= 0.3 is 0 Å². The molecule has 0 spiro atoms. The molecule has 2 heterocycles. The Bertz CT molecular complexity index is 255. The molecule has 14 heavy (non-hydrogen) atoms. The van der Waals surface area contributed by atoms with Crippen molar-refractivity contribution >= 4 is 0 Å². The second-order valence-corrected chi connectivity index (χ2v) is 4.10. The number of unbranched alkanes of at least 4 members (excludes halogenated alkanes) is 1. The van der Waals surface area contributed by atoms with Gasteiger partial charge in [-0.25, -0.2) is 0 Å². The van der Waals surface area contributed by atoms with Gasteiger partial charge in [-0.3, -0.25) is 4.90 Å². The lowest BCUT2D eigenvalue weighted by Gasteiger charge is -2.23. The standard InChI is InChI=1S/C12H19NO/c1-2-3-7-13-8-4-5-12(13)11-6-9-14-10-11/h6,9-10,12H,2-5,7-8H2,1H3/t12-/m1/s1. The molecule has 0 unspecified atom stereocenters. The Morgan fingerprint density at radius 3 is 3.21 bits per heavy atom. The molecule has 0 radical (unpaired) electrons. The number of nitrogens with zero attached hydrogens (tertiary/aromatic N) is 1. The van der Waals surface area contributed by atoms with Gasteiger partial charge in [0.2, 0.25) is 0 Å². The number of furan rings is 1. The van der Waals surface area contributed by atoms with Crippen molar-refractivity contribution in [1.29, 1.82) is 0 Å². The monoisotopic (exact) mass is 193 g/mol. The van der Waals surface area contributed by atoms with E-state index in [0.29, 0.717) is 6.04 Å². The van der Waals surface area contributed by atoms with Gasteiger partial charge in [-0.1, -0.05) is 13.3 Å². The van der Waals surface area contributed by atoms with E-state index in [-0.39, 0.29) is 0 Å². The van der Waals surface area contributed by atoms with Crippen molar-refractivity contribution in [2.75, 3.05) is 13.1 Å². The van der Waals surface area contributed by atoms with Crippen LogP contribution in [0.1, 0.15) is 44.2 Å². The molecule has 1 aliphatic heterocycles. The molecule has 0 N–H and O–H groups in total. The lowest BCUT2D eigenvalue weighted by atomic mass is 10.1. The van der Waals surface area contributed by atoms with Gasteiger partial charge < -0.3 is 4.42 Å². The molecule has 0 saturated carbocycles. The van der Waals surface area contributed by atoms with Gasteiger partial charge in [-0.05, 0) is 38.4 Å². The first-order valence-electron chi connectivity index (χ1n) is 5.68. The predicted octanol–water partition coefficient (Wildman–Crippen LogP) is 3.22. The summed E-state index contributed by atoms with van der Waals surface area (Å²) >= 11 is 0. The van der Waals surface area contributed by atoms with E-state index < -0.39 is 0 Å². The van der Waals surface area contributed by atoms with Crippen molar-refractivity contribution in [1.82, 2.24) is 4.90 Å². The average molecular weight is 193 g/mol. The zero-order valence-corrected chi connectivity index (χ0v) is 8.91. The summed E-state index contributed by atoms with van der Waals surface area (Å²) < 4.78 is 5.15. The first kappa shape index (κ1) is 9.78. The van der Waals surface area contributed by atoms with Crippen molar-refractivity contribution in [3.63, 3.8) is 0 Å². The molecule has 2 heteroatoms. The molecular formula is C12H19NO. The number of hydrogen-bond acceptors (Lipinski definition) is 2. The van der Waals surface area contributed by atoms with Crippen LogP contribution in [0.3, 0.4) is 0 Å². The van der Waals surface area contributed by atoms with Gasteiger partial charge in [0.25, 0.3) is 0 Å². The van der Waals surface area contributed by atoms with Crippen molar-refractivity contribution in [3.8, 4) is 0 Å². The lowest BCUT2D eigenvalue weighted by molar-refractivity contribution is 0.252. The highest BCUT2D eigenvalue weighted by molar-refractivity contribution is 5.13. The summed E-state index contributed by atoms with van der Waals surface area (Å²) in [5.41, 5.74) is 1.36. The van der Waals surface area contributed by atoms with E-state index in [1.807, 2.05) is 6.26 Å². The fourth-order valence-electron chi connectivity index (χ4n) is 2.30. The van der Waals surface area contributed by atoms with Gasteiger partial charge in [-0.2, -0.15) is 0 Å². The highest BCUT2D eigenvalue weighted by Gasteiger charge is 2.25. The van der Waals surface area contributed by atoms with E-state index in [9.17, 15) is 0 Å². The Labute approximate surface area is 85.9 Å². The van der Waals surface area contributed by atoms with Gasteiger partial charge in [0.05, 0.1) is 12.5 Å². The smallest absolute Gasteiger partial charge is 0.0950 e. The lowest BCUT2D eigenvalue weighted by Crippen LogP contribution is -2.23. The van der Waals surface area contributed by atoms with E-state index in [1.54, 1.807) is 6.26 Å². The Balaban J connectivity index is 1.97. The molecule has 0 aromatic carbocycles. The van der Waals surface area contributed by atoms with Gasteiger partial charge in [0.15, 0.2) is 0 Å². The van der Waals surface area contributed by atoms with E-state index in [2.05, 4.69) is 17.9 Å². The summed E-state index contributed by atoms with van der Waals surface area (Å²) in [5.74, 6) is 0. The largest absolute Gasteiger partial charge is 0.472 e. The first-order chi connectivity index (χ1) is 6.92. The summed E-state index contributed by atoms with van der Waals surface area (Å²) in [4.78, 5) is 2.59. The molecular weight excluding hydrogens is 174 g/mol. The number of rotatable bonds is 4. The second-order valence-electron chi connectivity index (χ2n) is 4.10. The van der Waals surface area contributed by atoms with E-state index in [4.69, 9.17) is 4.42 Å². The quantitative estimate of drug-likeness (QED) is 0.730. The van der Waals surface area contributed by atoms with Crippen LogP contribution in [0.5, 0.6) is 0 Å². The Morgan fingerprint density at radius 2 is 2.50 bits per heavy atom. The Morgan fingerprint density at radius 1 is 1.57 bits per heavy atom. The summed E-state index contributed by atoms with van der Waals surface area (Å²) in [5, 5.41) is 0. The normalized spacial score (nSPS) is 23.1. The first-order valence-corrected chi connectivity index (χ1v) is 5.68. The maximum absolute atomic E-state index is 5.15. The molecule has 2 rings (SSSR count). The highest BCUT2D eigenvalue weighted by atomic mass is 16.3. The topological polar surface area (TPSA) is 16.4 Å². The Kier molecular flexibility index (Phi) is 3.25. The zero-order chi connectivity index (χ0) is 9.80. The minimum Gasteiger partial charge on any atom is -0.472 e. The molecule has 1 saturated heterocycles. The maximum Gasteiger partial charge on any atom is 0.0950 e. The molecule has 78 valence electrons. The predicted molar refractivity (Wildman–Crippen MR) is 57.2 cm³/mol. The molecule has 1 atom stereocenters. The molecule has 1 aromatic rings. The molecule has 1 aliphatic rings. The molecule has 0 aliphatic carbocycles. The van der Waals surface area contributed by atoms with Crippen LogP contribution in [0.2, 0.25) is 0 Å². The van der Waals surface area contributed by atoms with Crippen LogP contribution in [-0.4, -0.2) is 18.0 Å². The fourth-order valence-corrected chi connectivity index (χ4v) is 2.30. The van der Waals surface area contributed by atoms with Crippen LogP contribution in [0, 0.1) is 0 Å². The summed E-state index contributed by atoms with van der Waals surface area (Å²) in [6.07, 6.45) is 8.91. The van der Waals surface area contributed by atoms with E-state index >= 15 is 0 Å². The number of hydrogen-bond donors (Lipinski definition) is 0. The average Bonchev–Trinajstić information content (AvgIpc) is 2.84. The number of likely N-dealkylation sites (tertiary alicyclic amines) is 1. The maximum atomic E-state index is 5.15. The van der Waals surface area contributed by atoms with Crippen LogP contribution in [0.15, 0.2) is 23.0 Å². The molecule has 1 aromatic heterocycles. The third-order valence-electron chi connectivity index (χ3n) is 3.09. The minimum absolute atomic E-state index is 0.625. The second kappa shape index (κ2) is 4.65. The third kappa shape index (κ3) is 2.01. The summed E-state index contributed by atoms with van der Waals surface area (Å²) in [6.45, 7) is 4.76. The van der Waals surface area contributed by atoms with Crippen molar-refractivity contribution < 1.29 is 4.42 Å². The highest BCUT2D eigenvalue weighted by Crippen LogP contribution is 2.31. The van der Waals surface area contributed by atoms with Gasteiger partial charge in [0, 0.05) is 11.6 Å². The van der Waals surface area contributed by atoms with E-state index in [1.165, 1.54) is 44.3 Å². The third-order valence-corrected chi connectivity index (χ3v) is 3.09. The van der Waals surface area contributed by atoms with Crippen LogP contribution >= 0.6 is 0 Å². The summed E-state index contributed by atoms with van der Waals surface area (Å²) in [6, 6.07) is 2.73. The van der Waals surface area contributed by atoms with Gasteiger partial charge in [-0.15, -0.1) is 0 Å². The molecule has 1 fully saturated rings. The molecule has 0 amide bonds. The molecule has 0 bridgehead atoms. The minimum atomic E-state index is 0.625. The van der Waals surface area contributed by atoms with Crippen LogP contribution in [-0.2, 0) is 0 Å². The summed E-state index contributed by atoms with van der Waals surface area (Å²) in [7, 11) is 0. The SMILES string of the molecule is CCCCN1CCC[C@@H]1c1ccoc1. The van der Waals surface area contributed by atoms with Crippen LogP contribution in [0.4, 0.5) is 0 Å². The van der Waals surface area contributed by atoms with Crippen LogP contribution in [0.25, 0.3) is 0 Å². The zero-order valence-electron chi connectivity index (χ0n) is 8.91. The Hall–Kier alpha value is -0.760. The van der Waals surface area contributed by atoms with Crippen molar-refractivity contribution in [2.45, 2.75) is 38.6 Å². The molecule has 2 nitrogen and oxygen atoms in total.